The Balaban J connectivity index is 2.01. The number of amides is 4. The molecule has 1 aliphatic heterocycles. The highest BCUT2D eigenvalue weighted by Crippen LogP contribution is 2.27. The Morgan fingerprint density at radius 1 is 1.12 bits per heavy atom. The molecule has 4 amide bonds. The van der Waals surface area contributed by atoms with Crippen LogP contribution in [-0.4, -0.2) is 17.8 Å². The number of benzene rings is 1. The lowest BCUT2D eigenvalue weighted by Crippen LogP contribution is -2.54. The molecule has 0 atom stereocenters. The molecule has 0 bridgehead atoms. The number of urea groups is 1. The summed E-state index contributed by atoms with van der Waals surface area (Å²) in [5.41, 5.74) is 0.171. The summed E-state index contributed by atoms with van der Waals surface area (Å²) in [6.45, 7) is 0. The molecule has 24 heavy (non-hydrogen) atoms. The van der Waals surface area contributed by atoms with Gasteiger partial charge >= 0.3 is 6.03 Å². The van der Waals surface area contributed by atoms with Crippen LogP contribution in [0.25, 0.3) is 6.08 Å². The Bertz CT molecular complexity index is 870. The number of anilines is 1. The lowest BCUT2D eigenvalue weighted by molar-refractivity contribution is -0.122. The first-order valence-electron chi connectivity index (χ1n) is 6.48. The molecule has 1 saturated heterocycles. The molecule has 1 aliphatic rings. The largest absolute Gasteiger partial charge is 0.450 e. The number of furan rings is 1. The van der Waals surface area contributed by atoms with E-state index in [1.807, 2.05) is 22.6 Å². The van der Waals surface area contributed by atoms with Crippen molar-refractivity contribution in [3.05, 3.63) is 54.4 Å². The van der Waals surface area contributed by atoms with Crippen molar-refractivity contribution in [3.8, 4) is 0 Å². The molecule has 0 spiro atoms. The standard InChI is InChI=1S/C15H7Br2IN2O4/c16-7-1-3-8(4-2-7)20-14(22)10(13(21)19-15(20)23)5-9-6-11(17)12(18)24-9/h1-6H,(H,19,21,23)/b10-5+. The summed E-state index contributed by atoms with van der Waals surface area (Å²) in [6.07, 6.45) is 1.31. The van der Waals surface area contributed by atoms with Crippen LogP contribution in [0.5, 0.6) is 0 Å². The van der Waals surface area contributed by atoms with Gasteiger partial charge in [0.2, 0.25) is 0 Å². The molecule has 6 nitrogen and oxygen atoms in total. The normalized spacial score (nSPS) is 16.7. The summed E-state index contributed by atoms with van der Waals surface area (Å²) in [4.78, 5) is 37.6. The number of rotatable bonds is 2. The van der Waals surface area contributed by atoms with E-state index < -0.39 is 17.8 Å². The zero-order chi connectivity index (χ0) is 17.4. The van der Waals surface area contributed by atoms with E-state index in [4.69, 9.17) is 4.42 Å². The molecular formula is C15H7Br2IN2O4. The molecule has 122 valence electrons. The number of halogens is 3. The molecular weight excluding hydrogens is 559 g/mol. The van der Waals surface area contributed by atoms with Crippen molar-refractivity contribution in [2.24, 2.45) is 0 Å². The van der Waals surface area contributed by atoms with Crippen LogP contribution in [0.4, 0.5) is 10.5 Å². The topological polar surface area (TPSA) is 79.6 Å². The molecule has 2 heterocycles. The molecule has 0 saturated carbocycles. The highest BCUT2D eigenvalue weighted by molar-refractivity contribution is 14.1. The van der Waals surface area contributed by atoms with Crippen molar-refractivity contribution in [2.75, 3.05) is 4.90 Å². The number of barbiturate groups is 1. The van der Waals surface area contributed by atoms with E-state index in [0.29, 0.717) is 19.7 Å². The van der Waals surface area contributed by atoms with E-state index in [1.54, 1.807) is 30.3 Å². The highest BCUT2D eigenvalue weighted by Gasteiger charge is 2.37. The van der Waals surface area contributed by atoms with E-state index >= 15 is 0 Å². The lowest BCUT2D eigenvalue weighted by Gasteiger charge is -2.26. The van der Waals surface area contributed by atoms with Crippen LogP contribution in [-0.2, 0) is 9.59 Å². The SMILES string of the molecule is O=C1NC(=O)N(c2ccc(Br)cc2)C(=O)/C1=C/c1cc(Br)c(I)o1. The summed E-state index contributed by atoms with van der Waals surface area (Å²) >= 11 is 8.55. The quantitative estimate of drug-likeness (QED) is 0.338. The Morgan fingerprint density at radius 3 is 2.38 bits per heavy atom. The van der Waals surface area contributed by atoms with Crippen molar-refractivity contribution >= 4 is 84.1 Å². The van der Waals surface area contributed by atoms with Gasteiger partial charge in [-0.25, -0.2) is 9.69 Å². The zero-order valence-electron chi connectivity index (χ0n) is 11.7. The molecule has 9 heteroatoms. The maximum absolute atomic E-state index is 12.6. The van der Waals surface area contributed by atoms with E-state index in [2.05, 4.69) is 37.2 Å². The van der Waals surface area contributed by atoms with Gasteiger partial charge in [-0.15, -0.1) is 0 Å². The minimum absolute atomic E-state index is 0.185. The fraction of sp³-hybridized carbons (Fsp3) is 0. The molecule has 1 N–H and O–H groups in total. The van der Waals surface area contributed by atoms with Gasteiger partial charge in [-0.05, 0) is 52.3 Å². The fourth-order valence-electron chi connectivity index (χ4n) is 2.06. The molecule has 0 aliphatic carbocycles. The van der Waals surface area contributed by atoms with Crippen LogP contribution < -0.4 is 10.2 Å². The van der Waals surface area contributed by atoms with Crippen LogP contribution in [0, 0.1) is 3.77 Å². The van der Waals surface area contributed by atoms with Crippen LogP contribution in [0.3, 0.4) is 0 Å². The predicted molar refractivity (Wildman–Crippen MR) is 102 cm³/mol. The summed E-state index contributed by atoms with van der Waals surface area (Å²) in [5, 5.41) is 2.16. The number of nitrogens with one attached hydrogen (secondary N) is 1. The number of carbonyl (C=O) groups excluding carboxylic acids is 3. The van der Waals surface area contributed by atoms with Gasteiger partial charge in [-0.3, -0.25) is 14.9 Å². The first-order chi connectivity index (χ1) is 11.4. The number of hydrogen-bond acceptors (Lipinski definition) is 4. The van der Waals surface area contributed by atoms with Gasteiger partial charge in [0.25, 0.3) is 11.8 Å². The van der Waals surface area contributed by atoms with Crippen molar-refractivity contribution in [3.63, 3.8) is 0 Å². The zero-order valence-corrected chi connectivity index (χ0v) is 17.0. The Morgan fingerprint density at radius 2 is 1.79 bits per heavy atom. The van der Waals surface area contributed by atoms with E-state index in [9.17, 15) is 14.4 Å². The molecule has 0 unspecified atom stereocenters. The summed E-state index contributed by atoms with van der Waals surface area (Å²) < 4.78 is 7.52. The highest BCUT2D eigenvalue weighted by atomic mass is 127. The number of imide groups is 2. The van der Waals surface area contributed by atoms with E-state index in [0.717, 1.165) is 9.37 Å². The second-order valence-electron chi connectivity index (χ2n) is 4.70. The number of carbonyl (C=O) groups is 3. The molecule has 1 aromatic carbocycles. The summed E-state index contributed by atoms with van der Waals surface area (Å²) in [6, 6.07) is 7.43. The molecule has 3 rings (SSSR count). The van der Waals surface area contributed by atoms with Crippen LogP contribution >= 0.6 is 54.5 Å². The average Bonchev–Trinajstić information content (AvgIpc) is 2.83. The van der Waals surface area contributed by atoms with Gasteiger partial charge < -0.3 is 4.42 Å². The van der Waals surface area contributed by atoms with Gasteiger partial charge in [-0.1, -0.05) is 15.9 Å². The third-order valence-electron chi connectivity index (χ3n) is 3.14. The second kappa shape index (κ2) is 6.81. The number of hydrogen-bond donors (Lipinski definition) is 1. The Labute approximate surface area is 166 Å². The maximum atomic E-state index is 12.6. The van der Waals surface area contributed by atoms with E-state index in [-0.39, 0.29) is 5.57 Å². The molecule has 2 aromatic rings. The Kier molecular flexibility index (Phi) is 4.92. The van der Waals surface area contributed by atoms with Crippen LogP contribution in [0.2, 0.25) is 0 Å². The van der Waals surface area contributed by atoms with Crippen LogP contribution in [0.1, 0.15) is 5.76 Å². The Hall–Kier alpha value is -1.46. The van der Waals surface area contributed by atoms with Crippen molar-refractivity contribution in [2.45, 2.75) is 0 Å². The lowest BCUT2D eigenvalue weighted by atomic mass is 10.1. The van der Waals surface area contributed by atoms with Crippen molar-refractivity contribution < 1.29 is 18.8 Å². The number of nitrogens with zero attached hydrogens (tertiary/aromatic N) is 1. The fourth-order valence-corrected chi connectivity index (χ4v) is 3.04. The minimum atomic E-state index is -0.792. The summed E-state index contributed by atoms with van der Waals surface area (Å²) in [7, 11) is 0. The van der Waals surface area contributed by atoms with Crippen LogP contribution in [0.15, 0.2) is 49.3 Å². The van der Waals surface area contributed by atoms with Gasteiger partial charge in [0.1, 0.15) is 11.3 Å². The molecule has 0 radical (unpaired) electrons. The van der Waals surface area contributed by atoms with E-state index in [1.165, 1.54) is 6.08 Å². The first kappa shape index (κ1) is 17.4. The summed E-state index contributed by atoms with van der Waals surface area (Å²) in [5.74, 6) is -1.15. The second-order valence-corrected chi connectivity index (χ2v) is 7.45. The average molecular weight is 566 g/mol. The monoisotopic (exact) mass is 564 g/mol. The van der Waals surface area contributed by atoms with Crippen molar-refractivity contribution in [1.29, 1.82) is 0 Å². The third-order valence-corrected chi connectivity index (χ3v) is 5.80. The maximum Gasteiger partial charge on any atom is 0.335 e. The molecule has 1 fully saturated rings. The smallest absolute Gasteiger partial charge is 0.335 e. The van der Waals surface area contributed by atoms with Crippen molar-refractivity contribution in [1.82, 2.24) is 5.32 Å². The van der Waals surface area contributed by atoms with Gasteiger partial charge in [0, 0.05) is 27.1 Å². The third kappa shape index (κ3) is 3.33. The minimum Gasteiger partial charge on any atom is -0.450 e. The molecule has 1 aromatic heterocycles. The van der Waals surface area contributed by atoms with Gasteiger partial charge in [0.05, 0.1) is 10.2 Å². The van der Waals surface area contributed by atoms with Gasteiger partial charge in [-0.2, -0.15) is 0 Å². The van der Waals surface area contributed by atoms with Gasteiger partial charge in [0.15, 0.2) is 3.77 Å². The predicted octanol–water partition coefficient (Wildman–Crippen LogP) is 4.08. The first-order valence-corrected chi connectivity index (χ1v) is 9.15.